The molecule has 5 atom stereocenters. The van der Waals surface area contributed by atoms with E-state index in [-0.39, 0.29) is 26.0 Å². The number of nitrogens with one attached hydrogen (secondary N) is 3. The number of fused-ring (bicyclic) bond motifs is 3. The van der Waals surface area contributed by atoms with Gasteiger partial charge in [-0.1, -0.05) is 81.1 Å². The quantitative estimate of drug-likeness (QED) is 0.295. The molecule has 2 aromatic carbocycles. The van der Waals surface area contributed by atoms with Crippen LogP contribution >= 0.6 is 0 Å². The summed E-state index contributed by atoms with van der Waals surface area (Å²) in [5, 5.41) is 4.96. The van der Waals surface area contributed by atoms with Gasteiger partial charge in [-0.3, -0.25) is 19.1 Å². The molecule has 0 radical (unpaired) electrons. The van der Waals surface area contributed by atoms with Gasteiger partial charge in [-0.05, 0) is 67.7 Å². The molecule has 2 heterocycles. The van der Waals surface area contributed by atoms with Crippen molar-refractivity contribution in [1.82, 2.24) is 20.3 Å². The van der Waals surface area contributed by atoms with Crippen LogP contribution in [0.2, 0.25) is 0 Å². The molecule has 2 saturated carbocycles. The van der Waals surface area contributed by atoms with Crippen LogP contribution in [0.5, 0.6) is 5.75 Å². The average Bonchev–Trinajstić information content (AvgIpc) is 4.06. The van der Waals surface area contributed by atoms with Crippen LogP contribution in [-0.4, -0.2) is 79.3 Å². The van der Waals surface area contributed by atoms with E-state index in [2.05, 4.69) is 34.1 Å². The first-order chi connectivity index (χ1) is 25.0. The van der Waals surface area contributed by atoms with Crippen molar-refractivity contribution in [3.63, 3.8) is 0 Å². The molecule has 13 heteroatoms. The number of carbonyl (C=O) groups excluding carboxylic acids is 4. The second-order valence-corrected chi connectivity index (χ2v) is 16.5. The average molecular weight is 735 g/mol. The van der Waals surface area contributed by atoms with Crippen LogP contribution in [0, 0.1) is 5.92 Å². The minimum absolute atomic E-state index is 0.0609. The van der Waals surface area contributed by atoms with E-state index in [1.54, 1.807) is 0 Å². The molecule has 12 nitrogen and oxygen atoms in total. The standard InChI is InChI=1S/C39H50N4O8S/c1-3-5-16-32-36(45)43-25-30(23-33(43)35(44)41-39(24-29(39)4-2)37(46)42-52(48,49)31-19-20-31)51-34-22-28(26-13-10-8-11-14-26)18-17-27(34)15-9-6-7-12-21-50-38(47)40-32/h4,8,10-11,13-14,17-18,22,29-33H,2-3,5-7,9,12,15-16,19-21,23-25H2,1H3,(H,40,47)(H,41,44)(H,42,46)/t29-,30-,32+,33+,39-/m1/s1. The van der Waals surface area contributed by atoms with Crippen LogP contribution in [-0.2, 0) is 35.6 Å². The van der Waals surface area contributed by atoms with E-state index < -0.39 is 68.7 Å². The highest BCUT2D eigenvalue weighted by atomic mass is 32.2. The highest BCUT2D eigenvalue weighted by Gasteiger charge is 2.62. The molecule has 2 aliphatic carbocycles. The zero-order valence-corrected chi connectivity index (χ0v) is 30.6. The second kappa shape index (κ2) is 16.1. The lowest BCUT2D eigenvalue weighted by molar-refractivity contribution is -0.141. The molecule has 4 aliphatic rings. The number of benzene rings is 2. The summed E-state index contributed by atoms with van der Waals surface area (Å²) in [6.07, 6.45) is 7.44. The fraction of sp³-hybridized carbons (Fsp3) is 0.538. The highest BCUT2D eigenvalue weighted by molar-refractivity contribution is 7.91. The van der Waals surface area contributed by atoms with E-state index in [0.717, 1.165) is 48.8 Å². The van der Waals surface area contributed by atoms with Crippen LogP contribution in [0.1, 0.15) is 83.1 Å². The Morgan fingerprint density at radius 1 is 1.06 bits per heavy atom. The van der Waals surface area contributed by atoms with Gasteiger partial charge in [-0.15, -0.1) is 6.58 Å². The highest BCUT2D eigenvalue weighted by Crippen LogP contribution is 2.45. The summed E-state index contributed by atoms with van der Waals surface area (Å²) in [4.78, 5) is 56.4. The summed E-state index contributed by atoms with van der Waals surface area (Å²) in [7, 11) is -3.87. The molecule has 52 heavy (non-hydrogen) atoms. The molecule has 3 N–H and O–H groups in total. The number of rotatable bonds is 10. The van der Waals surface area contributed by atoms with Gasteiger partial charge >= 0.3 is 6.09 Å². The van der Waals surface area contributed by atoms with Crippen LogP contribution < -0.4 is 20.1 Å². The number of cyclic esters (lactones) is 1. The molecule has 0 aromatic heterocycles. The van der Waals surface area contributed by atoms with Crippen molar-refractivity contribution in [3.05, 3.63) is 66.7 Å². The van der Waals surface area contributed by atoms with E-state index in [1.165, 1.54) is 11.0 Å². The first-order valence-corrected chi connectivity index (χ1v) is 20.2. The number of ether oxygens (including phenoxy) is 2. The summed E-state index contributed by atoms with van der Waals surface area (Å²) >= 11 is 0. The van der Waals surface area contributed by atoms with Crippen LogP contribution in [0.15, 0.2) is 61.2 Å². The first kappa shape index (κ1) is 37.4. The molecule has 2 aliphatic heterocycles. The van der Waals surface area contributed by atoms with Gasteiger partial charge in [0.1, 0.15) is 29.5 Å². The fourth-order valence-electron chi connectivity index (χ4n) is 7.24. The Hall–Kier alpha value is -4.39. The molecule has 1 saturated heterocycles. The number of unbranched alkanes of at least 4 members (excludes halogenated alkanes) is 1. The van der Waals surface area contributed by atoms with E-state index in [4.69, 9.17) is 9.47 Å². The third-order valence-corrected chi connectivity index (χ3v) is 12.4. The maximum Gasteiger partial charge on any atom is 0.407 e. The molecule has 0 spiro atoms. The molecule has 2 bridgehead atoms. The van der Waals surface area contributed by atoms with Crippen molar-refractivity contribution in [1.29, 1.82) is 0 Å². The fourth-order valence-corrected chi connectivity index (χ4v) is 8.60. The summed E-state index contributed by atoms with van der Waals surface area (Å²) in [6.45, 7) is 6.06. The number of aryl methyl sites for hydroxylation is 1. The van der Waals surface area contributed by atoms with Crippen LogP contribution in [0.3, 0.4) is 0 Å². The maximum absolute atomic E-state index is 14.4. The Balaban J connectivity index is 1.31. The Bertz CT molecular complexity index is 1760. The number of hydrogen-bond donors (Lipinski definition) is 3. The number of amides is 4. The maximum atomic E-state index is 14.4. The third kappa shape index (κ3) is 8.62. The number of carbonyl (C=O) groups is 4. The van der Waals surface area contributed by atoms with Gasteiger partial charge in [-0.25, -0.2) is 13.2 Å². The molecule has 3 fully saturated rings. The predicted octanol–water partition coefficient (Wildman–Crippen LogP) is 4.77. The zero-order chi connectivity index (χ0) is 36.9. The molecule has 0 unspecified atom stereocenters. The van der Waals surface area contributed by atoms with Crippen LogP contribution in [0.25, 0.3) is 11.1 Å². The number of alkyl carbamates (subject to hydrolysis) is 1. The van der Waals surface area contributed by atoms with E-state index >= 15 is 0 Å². The Morgan fingerprint density at radius 3 is 2.54 bits per heavy atom. The molecular weight excluding hydrogens is 685 g/mol. The Labute approximate surface area is 306 Å². The normalized spacial score (nSPS) is 26.8. The van der Waals surface area contributed by atoms with Crippen molar-refractivity contribution in [2.75, 3.05) is 13.2 Å². The minimum atomic E-state index is -3.87. The first-order valence-electron chi connectivity index (χ1n) is 18.6. The van der Waals surface area contributed by atoms with Gasteiger partial charge in [0.25, 0.3) is 5.91 Å². The van der Waals surface area contributed by atoms with E-state index in [9.17, 15) is 27.6 Å². The molecule has 2 aromatic rings. The lowest BCUT2D eigenvalue weighted by atomic mass is 9.99. The van der Waals surface area contributed by atoms with Gasteiger partial charge in [0.05, 0.1) is 18.4 Å². The summed E-state index contributed by atoms with van der Waals surface area (Å²) < 4.78 is 39.7. The number of nitrogens with zero attached hydrogens (tertiary/aromatic N) is 1. The lowest BCUT2D eigenvalue weighted by Gasteiger charge is -2.29. The predicted molar refractivity (Wildman–Crippen MR) is 196 cm³/mol. The number of hydrogen-bond acceptors (Lipinski definition) is 8. The SMILES string of the molecule is C=C[C@@H]1C[C@]1(NC(=O)[C@@H]1C[C@@H]2CN1C(=O)[C@H](CCCC)NC(=O)OCCCCCCc1ccc(-c3ccccc3)cc1O2)C(=O)NS(=O)(=O)C1CC1. The topological polar surface area (TPSA) is 160 Å². The zero-order valence-electron chi connectivity index (χ0n) is 29.8. The molecular formula is C39H50N4O8S. The monoisotopic (exact) mass is 734 g/mol. The van der Waals surface area contributed by atoms with Crippen molar-refractivity contribution in [2.24, 2.45) is 5.92 Å². The molecule has 4 amide bonds. The second-order valence-electron chi connectivity index (χ2n) is 14.5. The molecule has 6 rings (SSSR count). The van der Waals surface area contributed by atoms with E-state index in [1.807, 2.05) is 43.3 Å². The van der Waals surface area contributed by atoms with Crippen molar-refractivity contribution in [2.45, 2.75) is 113 Å². The van der Waals surface area contributed by atoms with E-state index in [0.29, 0.717) is 37.9 Å². The summed E-state index contributed by atoms with van der Waals surface area (Å²) in [5.74, 6) is -1.68. The summed E-state index contributed by atoms with van der Waals surface area (Å²) in [5.41, 5.74) is 1.51. The Kier molecular flexibility index (Phi) is 11.6. The minimum Gasteiger partial charge on any atom is -0.488 e. The summed E-state index contributed by atoms with van der Waals surface area (Å²) in [6, 6.07) is 14.1. The van der Waals surface area contributed by atoms with Crippen molar-refractivity contribution in [3.8, 4) is 16.9 Å². The molecule has 280 valence electrons. The van der Waals surface area contributed by atoms with Gasteiger partial charge < -0.3 is 25.0 Å². The van der Waals surface area contributed by atoms with Gasteiger partial charge in [0.2, 0.25) is 21.8 Å². The Morgan fingerprint density at radius 2 is 1.83 bits per heavy atom. The van der Waals surface area contributed by atoms with Gasteiger partial charge in [0, 0.05) is 12.3 Å². The lowest BCUT2D eigenvalue weighted by Crippen LogP contribution is -2.58. The largest absolute Gasteiger partial charge is 0.488 e. The third-order valence-electron chi connectivity index (χ3n) is 10.6. The van der Waals surface area contributed by atoms with Gasteiger partial charge in [-0.2, -0.15) is 0 Å². The van der Waals surface area contributed by atoms with Crippen molar-refractivity contribution >= 4 is 33.8 Å². The van der Waals surface area contributed by atoms with Crippen molar-refractivity contribution < 1.29 is 37.1 Å². The number of sulfonamides is 1. The van der Waals surface area contributed by atoms with Crippen LogP contribution in [0.4, 0.5) is 4.79 Å². The smallest absolute Gasteiger partial charge is 0.407 e. The van der Waals surface area contributed by atoms with Gasteiger partial charge in [0.15, 0.2) is 0 Å².